The van der Waals surface area contributed by atoms with Gasteiger partial charge in [-0.3, -0.25) is 4.79 Å². The van der Waals surface area contributed by atoms with E-state index in [-0.39, 0.29) is 30.5 Å². The smallest absolute Gasteiger partial charge is 0.315 e. The van der Waals surface area contributed by atoms with Gasteiger partial charge in [0.2, 0.25) is 0 Å². The summed E-state index contributed by atoms with van der Waals surface area (Å²) >= 11 is 0. The molecule has 116 valence electrons. The van der Waals surface area contributed by atoms with Gasteiger partial charge in [-0.25, -0.2) is 4.79 Å². The Hall–Kier alpha value is -1.30. The van der Waals surface area contributed by atoms with E-state index in [9.17, 15) is 9.59 Å². The minimum Gasteiger partial charge on any atom is -0.481 e. The van der Waals surface area contributed by atoms with Crippen LogP contribution in [0.4, 0.5) is 4.79 Å². The Morgan fingerprint density at radius 1 is 1.20 bits per heavy atom. The van der Waals surface area contributed by atoms with Crippen LogP contribution in [-0.4, -0.2) is 42.4 Å². The number of nitrogens with one attached hydrogen (secondary N) is 2. The van der Waals surface area contributed by atoms with Crippen LogP contribution in [0, 0.1) is 11.8 Å². The van der Waals surface area contributed by atoms with E-state index in [2.05, 4.69) is 10.6 Å². The van der Waals surface area contributed by atoms with Crippen molar-refractivity contribution in [3.05, 3.63) is 0 Å². The van der Waals surface area contributed by atoms with Crippen LogP contribution in [0.3, 0.4) is 0 Å². The van der Waals surface area contributed by atoms with Crippen molar-refractivity contribution in [2.45, 2.75) is 52.1 Å². The van der Waals surface area contributed by atoms with Gasteiger partial charge in [0, 0.05) is 25.3 Å². The van der Waals surface area contributed by atoms with E-state index in [0.29, 0.717) is 5.92 Å². The fourth-order valence-electron chi connectivity index (χ4n) is 2.39. The second-order valence-corrected chi connectivity index (χ2v) is 5.80. The summed E-state index contributed by atoms with van der Waals surface area (Å²) in [6.45, 7) is 7.26. The molecule has 1 aliphatic heterocycles. The minimum atomic E-state index is -0.901. The molecule has 6 heteroatoms. The number of carboxylic acids is 1. The summed E-state index contributed by atoms with van der Waals surface area (Å²) in [6.07, 6.45) is 1.84. The van der Waals surface area contributed by atoms with Gasteiger partial charge < -0.3 is 20.5 Å². The Balaban J connectivity index is 2.41. The number of hydrogen-bond donors (Lipinski definition) is 3. The van der Waals surface area contributed by atoms with Crippen molar-refractivity contribution in [1.82, 2.24) is 10.6 Å². The predicted octanol–water partition coefficient (Wildman–Crippen LogP) is 1.60. The maximum absolute atomic E-state index is 11.9. The highest BCUT2D eigenvalue weighted by Crippen LogP contribution is 2.18. The van der Waals surface area contributed by atoms with E-state index in [1.165, 1.54) is 0 Å². The highest BCUT2D eigenvalue weighted by atomic mass is 16.5. The standard InChI is InChI=1S/C14H26N2O4/c1-9(2)12(8-13(17)18)16-14(19)15-10(3)11-4-6-20-7-5-11/h9-12H,4-8H2,1-3H3,(H,17,18)(H2,15,16,19). The zero-order valence-electron chi connectivity index (χ0n) is 12.5. The van der Waals surface area contributed by atoms with Crippen molar-refractivity contribution in [3.63, 3.8) is 0 Å². The number of carboxylic acid groups (broad SMARTS) is 1. The van der Waals surface area contributed by atoms with Crippen LogP contribution >= 0.6 is 0 Å². The predicted molar refractivity (Wildman–Crippen MR) is 75.6 cm³/mol. The summed E-state index contributed by atoms with van der Waals surface area (Å²) in [6, 6.07) is -0.574. The highest BCUT2D eigenvalue weighted by Gasteiger charge is 2.24. The van der Waals surface area contributed by atoms with Crippen molar-refractivity contribution >= 4 is 12.0 Å². The second kappa shape index (κ2) is 8.09. The van der Waals surface area contributed by atoms with Crippen LogP contribution in [0.2, 0.25) is 0 Å². The molecular formula is C14H26N2O4. The molecule has 6 nitrogen and oxygen atoms in total. The molecule has 0 saturated carbocycles. The fraction of sp³-hybridized carbons (Fsp3) is 0.857. The Kier molecular flexibility index (Phi) is 6.78. The largest absolute Gasteiger partial charge is 0.481 e. The first-order valence-electron chi connectivity index (χ1n) is 7.26. The lowest BCUT2D eigenvalue weighted by Gasteiger charge is -2.29. The Bertz CT molecular complexity index is 327. The lowest BCUT2D eigenvalue weighted by Crippen LogP contribution is -2.50. The molecule has 1 rings (SSSR count). The maximum atomic E-state index is 11.9. The Morgan fingerprint density at radius 2 is 1.80 bits per heavy atom. The molecule has 0 aromatic rings. The first-order chi connectivity index (χ1) is 9.40. The molecule has 1 heterocycles. The summed E-state index contributed by atoms with van der Waals surface area (Å²) in [4.78, 5) is 22.7. The molecule has 2 amide bonds. The van der Waals surface area contributed by atoms with Crippen LogP contribution in [0.15, 0.2) is 0 Å². The van der Waals surface area contributed by atoms with Gasteiger partial charge in [-0.15, -0.1) is 0 Å². The molecule has 2 atom stereocenters. The van der Waals surface area contributed by atoms with Gasteiger partial charge in [0.25, 0.3) is 0 Å². The second-order valence-electron chi connectivity index (χ2n) is 5.80. The zero-order valence-corrected chi connectivity index (χ0v) is 12.5. The third-order valence-corrected chi connectivity index (χ3v) is 3.85. The van der Waals surface area contributed by atoms with Crippen LogP contribution < -0.4 is 10.6 Å². The zero-order chi connectivity index (χ0) is 15.1. The van der Waals surface area contributed by atoms with E-state index >= 15 is 0 Å². The lowest BCUT2D eigenvalue weighted by atomic mass is 9.93. The van der Waals surface area contributed by atoms with Gasteiger partial charge in [-0.05, 0) is 31.6 Å². The van der Waals surface area contributed by atoms with Crippen LogP contribution in [0.5, 0.6) is 0 Å². The van der Waals surface area contributed by atoms with Crippen LogP contribution in [0.25, 0.3) is 0 Å². The minimum absolute atomic E-state index is 0.0588. The van der Waals surface area contributed by atoms with Crippen molar-refractivity contribution in [1.29, 1.82) is 0 Å². The summed E-state index contributed by atoms with van der Waals surface area (Å²) in [5.74, 6) is -0.400. The number of hydrogen-bond acceptors (Lipinski definition) is 3. The maximum Gasteiger partial charge on any atom is 0.315 e. The van der Waals surface area contributed by atoms with Gasteiger partial charge in [0.1, 0.15) is 0 Å². The summed E-state index contributed by atoms with van der Waals surface area (Å²) in [7, 11) is 0. The van der Waals surface area contributed by atoms with Gasteiger partial charge in [-0.2, -0.15) is 0 Å². The molecule has 20 heavy (non-hydrogen) atoms. The number of ether oxygens (including phenoxy) is 1. The van der Waals surface area contributed by atoms with Crippen LogP contribution in [-0.2, 0) is 9.53 Å². The highest BCUT2D eigenvalue weighted by molar-refractivity contribution is 5.76. The topological polar surface area (TPSA) is 87.7 Å². The number of urea groups is 1. The molecule has 0 aromatic carbocycles. The third kappa shape index (κ3) is 5.77. The average Bonchev–Trinajstić information content (AvgIpc) is 2.38. The van der Waals surface area contributed by atoms with Gasteiger partial charge in [0.15, 0.2) is 0 Å². The Labute approximate surface area is 120 Å². The first-order valence-corrected chi connectivity index (χ1v) is 7.26. The van der Waals surface area contributed by atoms with E-state index in [4.69, 9.17) is 9.84 Å². The van der Waals surface area contributed by atoms with Crippen molar-refractivity contribution in [2.75, 3.05) is 13.2 Å². The molecule has 0 bridgehead atoms. The van der Waals surface area contributed by atoms with Gasteiger partial charge in [-0.1, -0.05) is 13.8 Å². The van der Waals surface area contributed by atoms with E-state index < -0.39 is 5.97 Å². The van der Waals surface area contributed by atoms with Crippen molar-refractivity contribution < 1.29 is 19.4 Å². The van der Waals surface area contributed by atoms with Gasteiger partial charge >= 0.3 is 12.0 Å². The van der Waals surface area contributed by atoms with Crippen molar-refractivity contribution in [2.24, 2.45) is 11.8 Å². The average molecular weight is 286 g/mol. The molecule has 0 radical (unpaired) electrons. The van der Waals surface area contributed by atoms with Crippen LogP contribution in [0.1, 0.15) is 40.0 Å². The van der Waals surface area contributed by atoms with E-state index in [1.807, 2.05) is 20.8 Å². The molecule has 3 N–H and O–H groups in total. The number of carbonyl (C=O) groups is 2. The molecular weight excluding hydrogens is 260 g/mol. The number of amides is 2. The number of rotatable bonds is 6. The molecule has 1 aliphatic rings. The molecule has 0 aliphatic carbocycles. The Morgan fingerprint density at radius 3 is 2.30 bits per heavy atom. The summed E-state index contributed by atoms with van der Waals surface area (Å²) in [5.41, 5.74) is 0. The molecule has 2 unspecified atom stereocenters. The number of aliphatic carboxylic acids is 1. The molecule has 0 spiro atoms. The van der Waals surface area contributed by atoms with Crippen molar-refractivity contribution in [3.8, 4) is 0 Å². The third-order valence-electron chi connectivity index (χ3n) is 3.85. The van der Waals surface area contributed by atoms with E-state index in [1.54, 1.807) is 0 Å². The summed E-state index contributed by atoms with van der Waals surface area (Å²) in [5, 5.41) is 14.5. The molecule has 0 aromatic heterocycles. The first kappa shape index (κ1) is 16.8. The lowest BCUT2D eigenvalue weighted by molar-refractivity contribution is -0.137. The van der Waals surface area contributed by atoms with E-state index in [0.717, 1.165) is 26.1 Å². The monoisotopic (exact) mass is 286 g/mol. The van der Waals surface area contributed by atoms with Gasteiger partial charge in [0.05, 0.1) is 6.42 Å². The normalized spacial score (nSPS) is 19.4. The SMILES string of the molecule is CC(C)C(CC(=O)O)NC(=O)NC(C)C1CCOCC1. The molecule has 1 fully saturated rings. The quantitative estimate of drug-likeness (QED) is 0.692. The number of carbonyl (C=O) groups excluding carboxylic acids is 1. The molecule has 1 saturated heterocycles. The summed E-state index contributed by atoms with van der Waals surface area (Å²) < 4.78 is 5.30. The fourth-order valence-corrected chi connectivity index (χ4v) is 2.39.